The Hall–Kier alpha value is -1.98. The highest BCUT2D eigenvalue weighted by molar-refractivity contribution is 7.91. The summed E-state index contributed by atoms with van der Waals surface area (Å²) in [5.41, 5.74) is 0.0641. The fourth-order valence-electron chi connectivity index (χ4n) is 3.15. The Morgan fingerprint density at radius 1 is 1.00 bits per heavy atom. The van der Waals surface area contributed by atoms with Crippen molar-refractivity contribution < 1.29 is 32.3 Å². The van der Waals surface area contributed by atoms with E-state index in [-0.39, 0.29) is 45.1 Å². The first-order valence-corrected chi connectivity index (χ1v) is 11.1. The zero-order chi connectivity index (χ0) is 20.6. The van der Waals surface area contributed by atoms with Crippen molar-refractivity contribution in [2.75, 3.05) is 40.4 Å². The minimum absolute atomic E-state index is 0.0454. The molecule has 1 aliphatic heterocycles. The molecule has 0 N–H and O–H groups in total. The lowest BCUT2D eigenvalue weighted by molar-refractivity contribution is -0.133. The number of amides is 1. The Labute approximate surface area is 167 Å². The van der Waals surface area contributed by atoms with Gasteiger partial charge in [-0.25, -0.2) is 18.0 Å². The maximum Gasteiger partial charge on any atom is 0.348 e. The van der Waals surface area contributed by atoms with Crippen LogP contribution in [-0.2, 0) is 24.3 Å². The van der Waals surface area contributed by atoms with Crippen molar-refractivity contribution in [3.8, 4) is 0 Å². The number of carbonyl (C=O) groups excluding carboxylic acids is 3. The third-order valence-electron chi connectivity index (χ3n) is 4.93. The second kappa shape index (κ2) is 7.80. The van der Waals surface area contributed by atoms with E-state index in [1.807, 2.05) is 0 Å². The fraction of sp³-hybridized carbons (Fsp3) is 0.588. The van der Waals surface area contributed by atoms with E-state index in [1.165, 1.54) is 18.3 Å². The molecule has 1 saturated carbocycles. The van der Waals surface area contributed by atoms with Crippen LogP contribution in [0.1, 0.15) is 38.4 Å². The highest BCUT2D eigenvalue weighted by Crippen LogP contribution is 2.36. The lowest BCUT2D eigenvalue weighted by Crippen LogP contribution is -2.50. The second-order valence-corrected chi connectivity index (χ2v) is 9.86. The van der Waals surface area contributed by atoms with Crippen molar-refractivity contribution >= 4 is 39.2 Å². The quantitative estimate of drug-likeness (QED) is 0.638. The minimum Gasteiger partial charge on any atom is -0.465 e. The molecule has 1 aromatic rings. The number of hydrogen-bond acceptors (Lipinski definition) is 8. The molecule has 0 atom stereocenters. The lowest BCUT2D eigenvalue weighted by atomic mass is 10.2. The number of sulfonamides is 1. The zero-order valence-corrected chi connectivity index (χ0v) is 17.5. The van der Waals surface area contributed by atoms with E-state index < -0.39 is 22.0 Å². The normalized spacial score (nSPS) is 18.0. The Morgan fingerprint density at radius 2 is 1.57 bits per heavy atom. The van der Waals surface area contributed by atoms with Crippen LogP contribution in [0.3, 0.4) is 0 Å². The van der Waals surface area contributed by atoms with E-state index in [0.717, 1.165) is 20.0 Å². The first-order valence-electron chi connectivity index (χ1n) is 8.81. The second-order valence-electron chi connectivity index (χ2n) is 6.71. The predicted octanol–water partition coefficient (Wildman–Crippen LogP) is 0.873. The van der Waals surface area contributed by atoms with Crippen LogP contribution >= 0.6 is 11.3 Å². The molecular weight excluding hydrogens is 408 g/mol. The number of ether oxygens (including phenoxy) is 2. The highest BCUT2D eigenvalue weighted by Gasteiger charge is 2.39. The standard InChI is InChI=1S/C17H22N2O7S2/c1-10-12(15(21)25-2)17(27-13(10)16(22)26-3)28(23,24)19-8-6-18(7-9-19)14(20)11-4-5-11/h11H,4-9H2,1-3H3. The number of esters is 2. The van der Waals surface area contributed by atoms with Crippen LogP contribution in [0.5, 0.6) is 0 Å². The average Bonchev–Trinajstić information content (AvgIpc) is 3.48. The third kappa shape index (κ3) is 3.65. The van der Waals surface area contributed by atoms with Gasteiger partial charge in [-0.15, -0.1) is 11.3 Å². The van der Waals surface area contributed by atoms with E-state index >= 15 is 0 Å². The molecular formula is C17H22N2O7S2. The topological polar surface area (TPSA) is 110 Å². The van der Waals surface area contributed by atoms with Crippen LogP contribution in [0.2, 0.25) is 0 Å². The van der Waals surface area contributed by atoms with Gasteiger partial charge in [-0.1, -0.05) is 0 Å². The van der Waals surface area contributed by atoms with Crippen molar-refractivity contribution in [3.63, 3.8) is 0 Å². The zero-order valence-electron chi connectivity index (χ0n) is 15.9. The highest BCUT2D eigenvalue weighted by atomic mass is 32.2. The van der Waals surface area contributed by atoms with Crippen molar-refractivity contribution in [2.24, 2.45) is 5.92 Å². The van der Waals surface area contributed by atoms with Gasteiger partial charge in [0.1, 0.15) is 4.88 Å². The number of nitrogens with zero attached hydrogens (tertiary/aromatic N) is 2. The Balaban J connectivity index is 1.90. The number of rotatable bonds is 5. The van der Waals surface area contributed by atoms with E-state index in [2.05, 4.69) is 0 Å². The molecule has 0 bridgehead atoms. The molecule has 0 spiro atoms. The molecule has 0 radical (unpaired) electrons. The molecule has 2 aliphatic rings. The maximum absolute atomic E-state index is 13.2. The first kappa shape index (κ1) is 20.7. The molecule has 2 heterocycles. The summed E-state index contributed by atoms with van der Waals surface area (Å²) in [6.07, 6.45) is 1.79. The van der Waals surface area contributed by atoms with Crippen molar-refractivity contribution in [1.29, 1.82) is 0 Å². The number of carbonyl (C=O) groups is 3. The SMILES string of the molecule is COC(=O)c1sc(S(=O)(=O)N2CCN(C(=O)C3CC3)CC2)c(C(=O)OC)c1C. The van der Waals surface area contributed by atoms with Gasteiger partial charge in [0, 0.05) is 32.1 Å². The summed E-state index contributed by atoms with van der Waals surface area (Å²) < 4.78 is 36.8. The third-order valence-corrected chi connectivity index (χ3v) is 8.59. The molecule has 0 aromatic carbocycles. The number of piperazine rings is 1. The van der Waals surface area contributed by atoms with Crippen molar-refractivity contribution in [1.82, 2.24) is 9.21 Å². The monoisotopic (exact) mass is 430 g/mol. The molecule has 11 heteroatoms. The number of thiophene rings is 1. The van der Waals surface area contributed by atoms with Gasteiger partial charge >= 0.3 is 11.9 Å². The van der Waals surface area contributed by atoms with Crippen LogP contribution in [0, 0.1) is 12.8 Å². The molecule has 9 nitrogen and oxygen atoms in total. The van der Waals surface area contributed by atoms with E-state index in [0.29, 0.717) is 24.4 Å². The van der Waals surface area contributed by atoms with Crippen LogP contribution in [0.25, 0.3) is 0 Å². The molecule has 154 valence electrons. The van der Waals surface area contributed by atoms with Gasteiger partial charge in [0.25, 0.3) is 10.0 Å². The summed E-state index contributed by atoms with van der Waals surface area (Å²) in [5, 5.41) is 0. The molecule has 1 amide bonds. The van der Waals surface area contributed by atoms with Gasteiger partial charge in [-0.2, -0.15) is 4.31 Å². The molecule has 2 fully saturated rings. The predicted molar refractivity (Wildman–Crippen MR) is 99.8 cm³/mol. The number of methoxy groups -OCH3 is 2. The molecule has 1 aromatic heterocycles. The summed E-state index contributed by atoms with van der Waals surface area (Å²) in [4.78, 5) is 38.1. The maximum atomic E-state index is 13.2. The summed E-state index contributed by atoms with van der Waals surface area (Å²) in [6, 6.07) is 0. The van der Waals surface area contributed by atoms with Gasteiger partial charge in [0.05, 0.1) is 19.8 Å². The van der Waals surface area contributed by atoms with Gasteiger partial charge in [-0.05, 0) is 25.3 Å². The largest absolute Gasteiger partial charge is 0.465 e. The van der Waals surface area contributed by atoms with Gasteiger partial charge in [0.2, 0.25) is 5.91 Å². The van der Waals surface area contributed by atoms with Crippen LogP contribution in [0.4, 0.5) is 0 Å². The summed E-state index contributed by atoms with van der Waals surface area (Å²) in [6.45, 7) is 2.35. The van der Waals surface area contributed by atoms with Crippen LogP contribution < -0.4 is 0 Å². The molecule has 1 saturated heterocycles. The van der Waals surface area contributed by atoms with Gasteiger partial charge in [-0.3, -0.25) is 4.79 Å². The molecule has 0 unspecified atom stereocenters. The average molecular weight is 431 g/mol. The minimum atomic E-state index is -4.04. The van der Waals surface area contributed by atoms with E-state index in [9.17, 15) is 22.8 Å². The first-order chi connectivity index (χ1) is 13.2. The van der Waals surface area contributed by atoms with Crippen molar-refractivity contribution in [3.05, 3.63) is 16.0 Å². The Morgan fingerprint density at radius 3 is 2.07 bits per heavy atom. The summed E-state index contributed by atoms with van der Waals surface area (Å²) >= 11 is 0.700. The summed E-state index contributed by atoms with van der Waals surface area (Å²) in [5.74, 6) is -1.39. The molecule has 28 heavy (non-hydrogen) atoms. The number of hydrogen-bond donors (Lipinski definition) is 0. The fourth-order valence-corrected chi connectivity index (χ4v) is 6.46. The summed E-state index contributed by atoms with van der Waals surface area (Å²) in [7, 11) is -1.71. The van der Waals surface area contributed by atoms with Crippen LogP contribution in [0.15, 0.2) is 4.21 Å². The Bertz CT molecular complexity index is 910. The van der Waals surface area contributed by atoms with Gasteiger partial charge in [0.15, 0.2) is 4.21 Å². The molecule has 1 aliphatic carbocycles. The molecule has 3 rings (SSSR count). The van der Waals surface area contributed by atoms with Gasteiger partial charge < -0.3 is 14.4 Å². The van der Waals surface area contributed by atoms with Crippen LogP contribution in [-0.4, -0.2) is 75.9 Å². The van der Waals surface area contributed by atoms with Crippen molar-refractivity contribution in [2.45, 2.75) is 24.0 Å². The Kier molecular flexibility index (Phi) is 5.78. The lowest BCUT2D eigenvalue weighted by Gasteiger charge is -2.34. The van der Waals surface area contributed by atoms with E-state index in [4.69, 9.17) is 9.47 Å². The van der Waals surface area contributed by atoms with E-state index in [1.54, 1.807) is 4.90 Å². The smallest absolute Gasteiger partial charge is 0.348 e.